The zero-order valence-electron chi connectivity index (χ0n) is 15.2. The van der Waals surface area contributed by atoms with Gasteiger partial charge in [0.05, 0.1) is 8.66 Å². The van der Waals surface area contributed by atoms with E-state index in [1.54, 1.807) is 0 Å². The number of rotatable bonds is 13. The SMILES string of the molecule is CC.CC1(C(SCCSCCS)SCCSCCS)SCCCS1. The fraction of sp³-hybridized carbons (Fsp3) is 1.00. The highest BCUT2D eigenvalue weighted by Gasteiger charge is 2.37. The lowest BCUT2D eigenvalue weighted by atomic mass is 10.5. The van der Waals surface area contributed by atoms with Gasteiger partial charge in [-0.05, 0) is 36.4 Å². The van der Waals surface area contributed by atoms with Crippen LogP contribution in [0.4, 0.5) is 0 Å². The van der Waals surface area contributed by atoms with Gasteiger partial charge in [0.1, 0.15) is 0 Å². The zero-order valence-corrected chi connectivity index (χ0v) is 21.9. The molecule has 0 spiro atoms. The minimum Gasteiger partial charge on any atom is -0.179 e. The first kappa shape index (κ1) is 26.8. The lowest BCUT2D eigenvalue weighted by molar-refractivity contribution is 0.957. The lowest BCUT2D eigenvalue weighted by Gasteiger charge is -2.38. The first-order valence-corrected chi connectivity index (χ1v) is 16.3. The summed E-state index contributed by atoms with van der Waals surface area (Å²) < 4.78 is 1.12. The Morgan fingerprint density at radius 2 is 1.29 bits per heavy atom. The topological polar surface area (TPSA) is 0 Å². The summed E-state index contributed by atoms with van der Waals surface area (Å²) in [5.41, 5.74) is 0. The molecule has 0 atom stereocenters. The van der Waals surface area contributed by atoms with Crippen LogP contribution in [0.1, 0.15) is 27.2 Å². The largest absolute Gasteiger partial charge is 0.179 e. The molecular weight excluding hydrogens is 449 g/mol. The van der Waals surface area contributed by atoms with E-state index >= 15 is 0 Å². The van der Waals surface area contributed by atoms with E-state index in [2.05, 4.69) is 79.2 Å². The summed E-state index contributed by atoms with van der Waals surface area (Å²) in [5.74, 6) is 12.1. The third kappa shape index (κ3) is 13.1. The Balaban J connectivity index is 0.00000254. The Labute approximate surface area is 187 Å². The van der Waals surface area contributed by atoms with E-state index in [1.165, 1.54) is 52.4 Å². The van der Waals surface area contributed by atoms with Gasteiger partial charge in [0, 0.05) is 34.5 Å². The summed E-state index contributed by atoms with van der Waals surface area (Å²) in [5, 5.41) is 0. The van der Waals surface area contributed by atoms with E-state index in [1.807, 2.05) is 37.4 Å². The minimum atomic E-state index is 0.399. The maximum Gasteiger partial charge on any atom is 0.0792 e. The van der Waals surface area contributed by atoms with Crippen LogP contribution in [-0.4, -0.2) is 66.2 Å². The molecule has 0 N–H and O–H groups in total. The van der Waals surface area contributed by atoms with E-state index in [4.69, 9.17) is 0 Å². The maximum atomic E-state index is 4.29. The molecule has 0 aromatic carbocycles. The van der Waals surface area contributed by atoms with Crippen LogP contribution in [0.3, 0.4) is 0 Å². The van der Waals surface area contributed by atoms with Crippen LogP contribution in [0.25, 0.3) is 0 Å². The number of thiol groups is 2. The summed E-state index contributed by atoms with van der Waals surface area (Å²) in [6.45, 7) is 6.48. The van der Waals surface area contributed by atoms with Crippen LogP contribution in [0, 0.1) is 0 Å². The van der Waals surface area contributed by atoms with Gasteiger partial charge in [0.25, 0.3) is 0 Å². The molecule has 0 radical (unpaired) electrons. The molecule has 0 aliphatic carbocycles. The Morgan fingerprint density at radius 3 is 1.71 bits per heavy atom. The van der Waals surface area contributed by atoms with Gasteiger partial charge in [-0.1, -0.05) is 13.8 Å². The molecule has 1 aliphatic rings. The summed E-state index contributed by atoms with van der Waals surface area (Å²) in [6, 6.07) is 0. The summed E-state index contributed by atoms with van der Waals surface area (Å²) in [7, 11) is 0. The van der Waals surface area contributed by atoms with Crippen LogP contribution >= 0.6 is 95.8 Å². The van der Waals surface area contributed by atoms with Gasteiger partial charge in [-0.3, -0.25) is 0 Å². The van der Waals surface area contributed by atoms with Crippen molar-refractivity contribution in [2.45, 2.75) is 35.9 Å². The molecule has 8 heteroatoms. The van der Waals surface area contributed by atoms with Crippen molar-refractivity contribution in [3.8, 4) is 0 Å². The normalized spacial score (nSPS) is 16.8. The van der Waals surface area contributed by atoms with Gasteiger partial charge in [-0.15, -0.1) is 47.0 Å². The van der Waals surface area contributed by atoms with Crippen LogP contribution in [-0.2, 0) is 0 Å². The van der Waals surface area contributed by atoms with Crippen LogP contribution in [0.2, 0.25) is 0 Å². The fourth-order valence-corrected chi connectivity index (χ4v) is 11.4. The second-order valence-electron chi connectivity index (χ2n) is 4.81. The average Bonchev–Trinajstić information content (AvgIpc) is 2.62. The van der Waals surface area contributed by atoms with Gasteiger partial charge in [-0.25, -0.2) is 0 Å². The molecule has 0 nitrogen and oxygen atoms in total. The second kappa shape index (κ2) is 19.1. The summed E-state index contributed by atoms with van der Waals surface area (Å²) in [4.78, 5) is 0. The quantitative estimate of drug-likeness (QED) is 0.169. The second-order valence-corrected chi connectivity index (χ2v) is 14.2. The molecule has 1 aliphatic heterocycles. The summed E-state index contributed by atoms with van der Waals surface area (Å²) >= 11 is 21.4. The van der Waals surface area contributed by atoms with E-state index in [0.717, 1.165) is 16.1 Å². The highest BCUT2D eigenvalue weighted by Crippen LogP contribution is 2.52. The number of hydrogen-bond acceptors (Lipinski definition) is 8. The molecule has 0 bridgehead atoms. The maximum absolute atomic E-state index is 4.29. The molecule has 1 saturated heterocycles. The third-order valence-corrected chi connectivity index (χ3v) is 13.7. The molecule has 0 amide bonds. The smallest absolute Gasteiger partial charge is 0.0792 e. The molecule has 24 heavy (non-hydrogen) atoms. The Hall–Kier alpha value is 2.80. The average molecular weight is 483 g/mol. The van der Waals surface area contributed by atoms with Gasteiger partial charge in [-0.2, -0.15) is 48.8 Å². The van der Waals surface area contributed by atoms with Crippen LogP contribution in [0.5, 0.6) is 0 Å². The van der Waals surface area contributed by atoms with E-state index in [-0.39, 0.29) is 0 Å². The molecule has 0 unspecified atom stereocenters. The van der Waals surface area contributed by atoms with Crippen molar-refractivity contribution in [1.82, 2.24) is 0 Å². The van der Waals surface area contributed by atoms with E-state index < -0.39 is 0 Å². The predicted octanol–water partition coefficient (Wildman–Crippen LogP) is 6.72. The van der Waals surface area contributed by atoms with E-state index in [0.29, 0.717) is 4.08 Å². The van der Waals surface area contributed by atoms with Gasteiger partial charge in [0.15, 0.2) is 0 Å². The van der Waals surface area contributed by atoms with Crippen molar-refractivity contribution in [2.24, 2.45) is 0 Å². The highest BCUT2D eigenvalue weighted by atomic mass is 32.2. The van der Waals surface area contributed by atoms with Crippen molar-refractivity contribution < 1.29 is 0 Å². The molecule has 0 aromatic rings. The number of thioether (sulfide) groups is 6. The zero-order chi connectivity index (χ0) is 18.1. The van der Waals surface area contributed by atoms with Crippen LogP contribution < -0.4 is 0 Å². The molecule has 1 rings (SSSR count). The summed E-state index contributed by atoms with van der Waals surface area (Å²) in [6.07, 6.45) is 1.38. The molecule has 1 heterocycles. The van der Waals surface area contributed by atoms with Crippen molar-refractivity contribution in [3.63, 3.8) is 0 Å². The minimum absolute atomic E-state index is 0.399. The first-order chi connectivity index (χ1) is 11.7. The number of hydrogen-bond donors (Lipinski definition) is 2. The molecule has 0 saturated carbocycles. The Morgan fingerprint density at radius 1 is 0.833 bits per heavy atom. The molecular formula is C16H34S8. The standard InChI is InChI=1S/C14H28S8.C2H6/c1-14(21-5-2-6-22-14)13(19-11-9-17-7-3-15)20-12-10-18-8-4-16;1-2/h13,15-16H,2-12H2,1H3;1-2H3. The van der Waals surface area contributed by atoms with Crippen molar-refractivity contribution in [2.75, 3.05) is 57.5 Å². The van der Waals surface area contributed by atoms with E-state index in [9.17, 15) is 0 Å². The monoisotopic (exact) mass is 482 g/mol. The van der Waals surface area contributed by atoms with Crippen LogP contribution in [0.15, 0.2) is 0 Å². The highest BCUT2D eigenvalue weighted by molar-refractivity contribution is 8.24. The molecule has 1 fully saturated rings. The lowest BCUT2D eigenvalue weighted by Crippen LogP contribution is -2.32. The fourth-order valence-electron chi connectivity index (χ4n) is 1.90. The first-order valence-electron chi connectivity index (χ1n) is 8.61. The Bertz CT molecular complexity index is 244. The molecule has 0 aromatic heterocycles. The van der Waals surface area contributed by atoms with Gasteiger partial charge in [0.2, 0.25) is 0 Å². The van der Waals surface area contributed by atoms with Crippen molar-refractivity contribution >= 4 is 95.8 Å². The Kier molecular flexibility index (Phi) is 21.4. The van der Waals surface area contributed by atoms with Crippen molar-refractivity contribution in [1.29, 1.82) is 0 Å². The van der Waals surface area contributed by atoms with Gasteiger partial charge < -0.3 is 0 Å². The molecule has 146 valence electrons. The van der Waals surface area contributed by atoms with Gasteiger partial charge >= 0.3 is 0 Å². The third-order valence-electron chi connectivity index (χ3n) is 2.96. The van der Waals surface area contributed by atoms with Crippen molar-refractivity contribution in [3.05, 3.63) is 0 Å². The predicted molar refractivity (Wildman–Crippen MR) is 140 cm³/mol.